The topological polar surface area (TPSA) is 24.5 Å². The highest BCUT2D eigenvalue weighted by molar-refractivity contribution is 4.83. The molecule has 65 valence electrons. The van der Waals surface area contributed by atoms with E-state index in [4.69, 9.17) is 0 Å². The third-order valence-corrected chi connectivity index (χ3v) is 1.30. The molecule has 1 aliphatic heterocycles. The summed E-state index contributed by atoms with van der Waals surface area (Å²) in [7, 11) is 1.49. The highest BCUT2D eigenvalue weighted by atomic mass is 19.4. The smallest absolute Gasteiger partial charge is 0.271 e. The van der Waals surface area contributed by atoms with Crippen LogP contribution in [0.5, 0.6) is 0 Å². The van der Waals surface area contributed by atoms with E-state index in [9.17, 15) is 13.2 Å². The second-order valence-electron chi connectivity index (χ2n) is 2.16. The standard InChI is InChI=1S/C5H8F3N2O/c1-10-4(2-3-9-10)11-5(6,7)8/h2,4,9H,3H2,1H3. The van der Waals surface area contributed by atoms with E-state index in [0.717, 1.165) is 0 Å². The van der Waals surface area contributed by atoms with Crippen molar-refractivity contribution in [2.75, 3.05) is 13.6 Å². The van der Waals surface area contributed by atoms with Gasteiger partial charge in [-0.05, 0) is 0 Å². The van der Waals surface area contributed by atoms with Gasteiger partial charge in [-0.1, -0.05) is 0 Å². The molecular weight excluding hydrogens is 161 g/mol. The molecule has 1 rings (SSSR count). The van der Waals surface area contributed by atoms with Crippen LogP contribution in [0.25, 0.3) is 0 Å². The van der Waals surface area contributed by atoms with Crippen LogP contribution in [0, 0.1) is 6.42 Å². The molecule has 0 aromatic rings. The number of nitrogens with zero attached hydrogens (tertiary/aromatic N) is 1. The minimum Gasteiger partial charge on any atom is -0.271 e. The molecule has 0 spiro atoms. The van der Waals surface area contributed by atoms with Crippen molar-refractivity contribution in [2.45, 2.75) is 12.6 Å². The molecule has 1 saturated heterocycles. The lowest BCUT2D eigenvalue weighted by Crippen LogP contribution is -2.38. The predicted molar refractivity (Wildman–Crippen MR) is 31.0 cm³/mol. The van der Waals surface area contributed by atoms with Crippen molar-refractivity contribution >= 4 is 0 Å². The summed E-state index contributed by atoms with van der Waals surface area (Å²) in [4.78, 5) is 0. The Hall–Kier alpha value is -0.330. The first-order chi connectivity index (χ1) is 4.99. The Morgan fingerprint density at radius 1 is 1.64 bits per heavy atom. The molecule has 0 saturated carbocycles. The summed E-state index contributed by atoms with van der Waals surface area (Å²) in [6, 6.07) is 0. The van der Waals surface area contributed by atoms with E-state index in [1.807, 2.05) is 0 Å². The maximum absolute atomic E-state index is 11.6. The van der Waals surface area contributed by atoms with Gasteiger partial charge in [0.15, 0.2) is 0 Å². The van der Waals surface area contributed by atoms with Crippen LogP contribution in [0.2, 0.25) is 0 Å². The lowest BCUT2D eigenvalue weighted by molar-refractivity contribution is -0.352. The van der Waals surface area contributed by atoms with Crippen molar-refractivity contribution in [2.24, 2.45) is 0 Å². The van der Waals surface area contributed by atoms with E-state index in [-0.39, 0.29) is 0 Å². The Balaban J connectivity index is 2.37. The van der Waals surface area contributed by atoms with Crippen molar-refractivity contribution < 1.29 is 17.9 Å². The summed E-state index contributed by atoms with van der Waals surface area (Å²) in [6.45, 7) is 0.400. The van der Waals surface area contributed by atoms with E-state index >= 15 is 0 Å². The Bertz CT molecular complexity index is 138. The first kappa shape index (κ1) is 8.76. The van der Waals surface area contributed by atoms with Crippen LogP contribution in [0.1, 0.15) is 0 Å². The number of hydrogen-bond donors (Lipinski definition) is 1. The summed E-state index contributed by atoms with van der Waals surface area (Å²) in [5.41, 5.74) is 2.64. The SMILES string of the molecule is CN1NC[CH]C1OC(F)(F)F. The summed E-state index contributed by atoms with van der Waals surface area (Å²) >= 11 is 0. The molecular formula is C5H8F3N2O. The van der Waals surface area contributed by atoms with Gasteiger partial charge in [0.1, 0.15) is 6.23 Å². The third-order valence-electron chi connectivity index (χ3n) is 1.30. The zero-order valence-corrected chi connectivity index (χ0v) is 5.85. The highest BCUT2D eigenvalue weighted by Crippen LogP contribution is 2.21. The fourth-order valence-electron chi connectivity index (χ4n) is 0.810. The van der Waals surface area contributed by atoms with Crippen molar-refractivity contribution in [1.82, 2.24) is 10.4 Å². The van der Waals surface area contributed by atoms with Crippen LogP contribution in [0.15, 0.2) is 0 Å². The number of hydrogen-bond acceptors (Lipinski definition) is 3. The van der Waals surface area contributed by atoms with Crippen LogP contribution in [0.4, 0.5) is 13.2 Å². The molecule has 1 atom stereocenters. The average molecular weight is 169 g/mol. The number of halogens is 3. The van der Waals surface area contributed by atoms with Crippen molar-refractivity contribution in [1.29, 1.82) is 0 Å². The number of nitrogens with one attached hydrogen (secondary N) is 1. The number of hydrazine groups is 1. The van der Waals surface area contributed by atoms with E-state index in [0.29, 0.717) is 6.54 Å². The van der Waals surface area contributed by atoms with Crippen LogP contribution < -0.4 is 5.43 Å². The molecule has 1 N–H and O–H groups in total. The number of alkyl halides is 3. The van der Waals surface area contributed by atoms with E-state index in [2.05, 4.69) is 10.2 Å². The molecule has 1 heterocycles. The normalized spacial score (nSPS) is 27.8. The van der Waals surface area contributed by atoms with Gasteiger partial charge in [0.25, 0.3) is 0 Å². The Morgan fingerprint density at radius 2 is 2.27 bits per heavy atom. The van der Waals surface area contributed by atoms with Gasteiger partial charge in [0, 0.05) is 20.0 Å². The number of rotatable bonds is 1. The van der Waals surface area contributed by atoms with Gasteiger partial charge >= 0.3 is 6.36 Å². The Kier molecular flexibility index (Phi) is 2.36. The summed E-state index contributed by atoms with van der Waals surface area (Å²) in [5, 5.41) is 1.26. The molecule has 1 fully saturated rings. The molecule has 11 heavy (non-hydrogen) atoms. The molecule has 1 radical (unpaired) electrons. The molecule has 0 bridgehead atoms. The molecule has 1 aliphatic rings. The van der Waals surface area contributed by atoms with Gasteiger partial charge in [-0.2, -0.15) is 0 Å². The molecule has 1 unspecified atom stereocenters. The zero-order chi connectivity index (χ0) is 8.48. The maximum Gasteiger partial charge on any atom is 0.524 e. The van der Waals surface area contributed by atoms with Crippen LogP contribution in [-0.2, 0) is 4.74 Å². The molecule has 0 aromatic heterocycles. The first-order valence-electron chi connectivity index (χ1n) is 3.03. The molecule has 3 nitrogen and oxygen atoms in total. The minimum absolute atomic E-state index is 0.400. The Labute approximate surface area is 62.1 Å². The summed E-state index contributed by atoms with van der Waals surface area (Å²) < 4.78 is 38.5. The van der Waals surface area contributed by atoms with Gasteiger partial charge in [-0.15, -0.1) is 13.2 Å². The second-order valence-corrected chi connectivity index (χ2v) is 2.16. The van der Waals surface area contributed by atoms with Crippen LogP contribution in [-0.4, -0.2) is 31.2 Å². The number of ether oxygens (including phenoxy) is 1. The lowest BCUT2D eigenvalue weighted by Gasteiger charge is -2.19. The fourth-order valence-corrected chi connectivity index (χ4v) is 0.810. The first-order valence-corrected chi connectivity index (χ1v) is 3.03. The predicted octanol–water partition coefficient (Wildman–Crippen LogP) is 0.503. The maximum atomic E-state index is 11.6. The fraction of sp³-hybridized carbons (Fsp3) is 0.800. The minimum atomic E-state index is -4.57. The zero-order valence-electron chi connectivity index (χ0n) is 5.85. The second kappa shape index (κ2) is 2.96. The van der Waals surface area contributed by atoms with Gasteiger partial charge in [0.05, 0.1) is 0 Å². The van der Waals surface area contributed by atoms with Crippen LogP contribution >= 0.6 is 0 Å². The van der Waals surface area contributed by atoms with Gasteiger partial charge in [-0.3, -0.25) is 10.2 Å². The largest absolute Gasteiger partial charge is 0.524 e. The molecule has 6 heteroatoms. The quantitative estimate of drug-likeness (QED) is 0.618. The summed E-state index contributed by atoms with van der Waals surface area (Å²) in [6.07, 6.45) is -4.18. The summed E-state index contributed by atoms with van der Waals surface area (Å²) in [5.74, 6) is 0. The van der Waals surface area contributed by atoms with E-state index in [1.54, 1.807) is 0 Å². The van der Waals surface area contributed by atoms with Crippen LogP contribution in [0.3, 0.4) is 0 Å². The van der Waals surface area contributed by atoms with Crippen molar-refractivity contribution in [3.05, 3.63) is 6.42 Å². The molecule has 0 aromatic carbocycles. The van der Waals surface area contributed by atoms with Gasteiger partial charge < -0.3 is 0 Å². The average Bonchev–Trinajstić information content (AvgIpc) is 2.12. The van der Waals surface area contributed by atoms with E-state index in [1.165, 1.54) is 18.5 Å². The van der Waals surface area contributed by atoms with Gasteiger partial charge in [0.2, 0.25) is 0 Å². The van der Waals surface area contributed by atoms with Crippen molar-refractivity contribution in [3.8, 4) is 0 Å². The highest BCUT2D eigenvalue weighted by Gasteiger charge is 2.36. The molecule has 0 aliphatic carbocycles. The van der Waals surface area contributed by atoms with E-state index < -0.39 is 12.6 Å². The van der Waals surface area contributed by atoms with Crippen molar-refractivity contribution in [3.63, 3.8) is 0 Å². The van der Waals surface area contributed by atoms with Gasteiger partial charge in [-0.25, -0.2) is 5.01 Å². The Morgan fingerprint density at radius 3 is 2.64 bits per heavy atom. The lowest BCUT2D eigenvalue weighted by atomic mass is 10.4. The molecule has 0 amide bonds. The monoisotopic (exact) mass is 169 g/mol. The third kappa shape index (κ3) is 2.64.